The minimum absolute atomic E-state index is 0.0123. The summed E-state index contributed by atoms with van der Waals surface area (Å²) in [5.41, 5.74) is 0.637. The molecule has 0 radical (unpaired) electrons. The SMILES string of the molecule is O=C(NCNC1C2CN(Cc3ccccc3)CC21)[C@](O)(c1ccccc1)C1CCCC1.O=C(O)C(O)C(O)C(=O)O. The van der Waals surface area contributed by atoms with Crippen molar-refractivity contribution >= 4 is 17.8 Å². The van der Waals surface area contributed by atoms with Gasteiger partial charge in [-0.25, -0.2) is 9.59 Å². The fraction of sp³-hybridized carbons (Fsp3) is 0.500. The van der Waals surface area contributed by atoms with Crippen LogP contribution >= 0.6 is 0 Å². The second-order valence-electron chi connectivity index (χ2n) is 11.1. The van der Waals surface area contributed by atoms with Gasteiger partial charge in [-0.1, -0.05) is 73.5 Å². The molecule has 11 heteroatoms. The Bertz CT molecular complexity index is 1150. The van der Waals surface area contributed by atoms with E-state index in [1.54, 1.807) is 0 Å². The molecule has 1 aliphatic heterocycles. The summed E-state index contributed by atoms with van der Waals surface area (Å²) in [6.45, 7) is 3.66. The second-order valence-corrected chi connectivity index (χ2v) is 11.1. The smallest absolute Gasteiger partial charge is 0.335 e. The first-order valence-electron chi connectivity index (χ1n) is 14.0. The monoisotopic (exact) mass is 569 g/mol. The Kier molecular flexibility index (Phi) is 10.1. The predicted molar refractivity (Wildman–Crippen MR) is 148 cm³/mol. The highest BCUT2D eigenvalue weighted by molar-refractivity contribution is 5.86. The topological polar surface area (TPSA) is 180 Å². The number of likely N-dealkylation sites (tertiary alicyclic amines) is 1. The van der Waals surface area contributed by atoms with Crippen LogP contribution in [0.25, 0.3) is 0 Å². The third-order valence-corrected chi connectivity index (χ3v) is 8.42. The highest BCUT2D eigenvalue weighted by Gasteiger charge is 2.55. The normalized spacial score (nSPS) is 24.7. The third kappa shape index (κ3) is 7.30. The molecule has 222 valence electrons. The van der Waals surface area contributed by atoms with Crippen LogP contribution in [0.4, 0.5) is 0 Å². The zero-order chi connectivity index (χ0) is 29.6. The number of piperidine rings is 1. The number of aliphatic hydroxyl groups is 3. The number of nitrogens with one attached hydrogen (secondary N) is 2. The van der Waals surface area contributed by atoms with Gasteiger partial charge in [0.25, 0.3) is 5.91 Å². The first kappa shape index (κ1) is 30.6. The molecule has 2 aromatic rings. The minimum Gasteiger partial charge on any atom is -0.479 e. The molecule has 3 fully saturated rings. The van der Waals surface area contributed by atoms with Gasteiger partial charge < -0.3 is 30.8 Å². The van der Waals surface area contributed by atoms with Gasteiger partial charge >= 0.3 is 11.9 Å². The lowest BCUT2D eigenvalue weighted by Crippen LogP contribution is -2.51. The summed E-state index contributed by atoms with van der Waals surface area (Å²) in [4.78, 5) is 35.2. The first-order valence-corrected chi connectivity index (χ1v) is 14.0. The van der Waals surface area contributed by atoms with Crippen molar-refractivity contribution in [2.24, 2.45) is 17.8 Å². The molecule has 4 unspecified atom stereocenters. The van der Waals surface area contributed by atoms with Gasteiger partial charge in [-0.15, -0.1) is 0 Å². The number of aliphatic hydroxyl groups excluding tert-OH is 2. The van der Waals surface area contributed by atoms with Gasteiger partial charge in [0, 0.05) is 31.6 Å². The lowest BCUT2D eigenvalue weighted by molar-refractivity contribution is -0.165. The molecular formula is C30H39N3O8. The van der Waals surface area contributed by atoms with E-state index in [0.29, 0.717) is 30.1 Å². The van der Waals surface area contributed by atoms with Crippen molar-refractivity contribution in [1.29, 1.82) is 0 Å². The van der Waals surface area contributed by atoms with Crippen molar-refractivity contribution in [2.75, 3.05) is 19.8 Å². The molecule has 11 nitrogen and oxygen atoms in total. The van der Waals surface area contributed by atoms with E-state index in [1.807, 2.05) is 30.3 Å². The number of rotatable bonds is 11. The van der Waals surface area contributed by atoms with E-state index in [4.69, 9.17) is 20.4 Å². The van der Waals surface area contributed by atoms with Crippen LogP contribution in [-0.4, -0.2) is 86.3 Å². The van der Waals surface area contributed by atoms with Crippen LogP contribution in [-0.2, 0) is 26.5 Å². The van der Waals surface area contributed by atoms with Gasteiger partial charge in [-0.05, 0) is 35.8 Å². The Hall–Kier alpha value is -3.35. The molecule has 2 aliphatic carbocycles. The number of amides is 1. The molecule has 2 saturated carbocycles. The number of benzene rings is 2. The number of carbonyl (C=O) groups is 3. The van der Waals surface area contributed by atoms with Gasteiger partial charge in [0.1, 0.15) is 0 Å². The summed E-state index contributed by atoms with van der Waals surface area (Å²) in [6.07, 6.45) is -0.575. The van der Waals surface area contributed by atoms with Crippen LogP contribution in [0.3, 0.4) is 0 Å². The molecule has 41 heavy (non-hydrogen) atoms. The predicted octanol–water partition coefficient (Wildman–Crippen LogP) is 0.736. The first-order chi connectivity index (χ1) is 19.6. The summed E-state index contributed by atoms with van der Waals surface area (Å²) in [6, 6.07) is 20.6. The zero-order valence-electron chi connectivity index (χ0n) is 22.8. The van der Waals surface area contributed by atoms with E-state index in [1.165, 1.54) is 5.56 Å². The van der Waals surface area contributed by atoms with Crippen LogP contribution in [0.1, 0.15) is 36.8 Å². The largest absolute Gasteiger partial charge is 0.479 e. The fourth-order valence-electron chi connectivity index (χ4n) is 6.13. The van der Waals surface area contributed by atoms with E-state index in [-0.39, 0.29) is 11.8 Å². The molecule has 2 aromatic carbocycles. The van der Waals surface area contributed by atoms with E-state index < -0.39 is 29.7 Å². The number of carbonyl (C=O) groups excluding carboxylic acids is 1. The molecular weight excluding hydrogens is 530 g/mol. The summed E-state index contributed by atoms with van der Waals surface area (Å²) < 4.78 is 0. The van der Waals surface area contributed by atoms with Crippen LogP contribution in [0.2, 0.25) is 0 Å². The number of fused-ring (bicyclic) bond motifs is 1. The summed E-state index contributed by atoms with van der Waals surface area (Å²) >= 11 is 0. The average Bonchev–Trinajstić information content (AvgIpc) is 3.35. The Balaban J connectivity index is 0.000000334. The van der Waals surface area contributed by atoms with Crippen molar-refractivity contribution in [1.82, 2.24) is 15.5 Å². The van der Waals surface area contributed by atoms with Crippen LogP contribution in [0.15, 0.2) is 60.7 Å². The van der Waals surface area contributed by atoms with Crippen molar-refractivity contribution < 1.29 is 39.9 Å². The van der Waals surface area contributed by atoms with Crippen molar-refractivity contribution in [2.45, 2.75) is 56.1 Å². The number of carboxylic acid groups (broad SMARTS) is 2. The second kappa shape index (κ2) is 13.5. The molecule has 1 amide bonds. The highest BCUT2D eigenvalue weighted by Crippen LogP contribution is 2.46. The lowest BCUT2D eigenvalue weighted by atomic mass is 9.79. The minimum atomic E-state index is -2.27. The Labute approximate surface area is 238 Å². The van der Waals surface area contributed by atoms with Crippen molar-refractivity contribution in [3.05, 3.63) is 71.8 Å². The quantitative estimate of drug-likeness (QED) is 0.191. The summed E-state index contributed by atoms with van der Waals surface area (Å²) in [5.74, 6) is -2.48. The number of carboxylic acids is 2. The van der Waals surface area contributed by atoms with Crippen molar-refractivity contribution in [3.63, 3.8) is 0 Å². The zero-order valence-corrected chi connectivity index (χ0v) is 22.8. The van der Waals surface area contributed by atoms with Gasteiger partial charge in [0.15, 0.2) is 17.8 Å². The summed E-state index contributed by atoms with van der Waals surface area (Å²) in [7, 11) is 0. The van der Waals surface area contributed by atoms with E-state index in [2.05, 4.69) is 45.9 Å². The number of hydrogen-bond donors (Lipinski definition) is 7. The van der Waals surface area contributed by atoms with Gasteiger partial charge in [-0.3, -0.25) is 15.0 Å². The molecule has 1 heterocycles. The van der Waals surface area contributed by atoms with Gasteiger partial charge in [0.2, 0.25) is 0 Å². The molecule has 5 atom stereocenters. The number of nitrogens with zero attached hydrogens (tertiary/aromatic N) is 1. The molecule has 3 aliphatic rings. The summed E-state index contributed by atoms with van der Waals surface area (Å²) in [5, 5.41) is 50.6. The third-order valence-electron chi connectivity index (χ3n) is 8.42. The number of aliphatic carboxylic acids is 2. The van der Waals surface area contributed by atoms with Crippen LogP contribution in [0.5, 0.6) is 0 Å². The highest BCUT2D eigenvalue weighted by atomic mass is 16.4. The average molecular weight is 570 g/mol. The molecule has 7 N–H and O–H groups in total. The standard InChI is InChI=1S/C26H33N3O2.C4H6O6/c30-25(26(31,21-13-7-8-14-21)20-11-5-2-6-12-20)28-18-27-24-22-16-29(17-23(22)24)15-19-9-3-1-4-10-19;5-1(3(7)8)2(6)4(9)10/h1-6,9-12,21-24,27,31H,7-8,13-18H2,(H,28,30);1-2,5-6H,(H,7,8)(H,9,10)/t22?,23?,24?,26-;/m0./s1. The van der Waals surface area contributed by atoms with Gasteiger partial charge in [-0.2, -0.15) is 0 Å². The Morgan fingerprint density at radius 1 is 0.854 bits per heavy atom. The van der Waals surface area contributed by atoms with E-state index in [9.17, 15) is 19.5 Å². The maximum Gasteiger partial charge on any atom is 0.335 e. The van der Waals surface area contributed by atoms with E-state index >= 15 is 0 Å². The van der Waals surface area contributed by atoms with Crippen LogP contribution in [0, 0.1) is 17.8 Å². The van der Waals surface area contributed by atoms with Crippen LogP contribution < -0.4 is 10.6 Å². The fourth-order valence-corrected chi connectivity index (χ4v) is 6.13. The molecule has 5 rings (SSSR count). The van der Waals surface area contributed by atoms with E-state index in [0.717, 1.165) is 45.3 Å². The number of hydrogen-bond acceptors (Lipinski definition) is 8. The lowest BCUT2D eigenvalue weighted by Gasteiger charge is -2.33. The molecule has 0 spiro atoms. The van der Waals surface area contributed by atoms with Gasteiger partial charge in [0.05, 0.1) is 6.67 Å². The maximum atomic E-state index is 13.1. The molecule has 0 aromatic heterocycles. The Morgan fingerprint density at radius 2 is 1.37 bits per heavy atom. The maximum absolute atomic E-state index is 13.1. The molecule has 1 saturated heterocycles. The Morgan fingerprint density at radius 3 is 1.88 bits per heavy atom. The molecule has 0 bridgehead atoms. The van der Waals surface area contributed by atoms with Crippen molar-refractivity contribution in [3.8, 4) is 0 Å².